The van der Waals surface area contributed by atoms with E-state index < -0.39 is 12.2 Å². The normalized spacial score (nSPS) is 36.4. The molecule has 0 spiro atoms. The van der Waals surface area contributed by atoms with E-state index in [4.69, 9.17) is 9.84 Å². The van der Waals surface area contributed by atoms with Gasteiger partial charge < -0.3 is 25.6 Å². The second kappa shape index (κ2) is 5.77. The lowest BCUT2D eigenvalue weighted by atomic mass is 10.1. The van der Waals surface area contributed by atoms with Crippen LogP contribution in [0.1, 0.15) is 13.8 Å². The van der Waals surface area contributed by atoms with Crippen molar-refractivity contribution in [2.75, 3.05) is 20.2 Å². The minimum atomic E-state index is -0.640. The van der Waals surface area contributed by atoms with Gasteiger partial charge in [-0.15, -0.1) is 0 Å². The summed E-state index contributed by atoms with van der Waals surface area (Å²) in [4.78, 5) is 0. The van der Waals surface area contributed by atoms with Crippen molar-refractivity contribution >= 4 is 0 Å². The number of hydrogen-bond acceptors (Lipinski definition) is 5. The molecule has 5 nitrogen and oxygen atoms in total. The molecule has 0 radical (unpaired) electrons. The van der Waals surface area contributed by atoms with Gasteiger partial charge in [-0.2, -0.15) is 0 Å². The van der Waals surface area contributed by atoms with Crippen molar-refractivity contribution in [2.45, 2.75) is 44.2 Å². The van der Waals surface area contributed by atoms with Crippen LogP contribution in [0.5, 0.6) is 0 Å². The molecule has 1 fully saturated rings. The molecule has 4 atom stereocenters. The minimum Gasteiger partial charge on any atom is -0.394 e. The van der Waals surface area contributed by atoms with Gasteiger partial charge in [0, 0.05) is 12.6 Å². The molecule has 0 saturated carbocycles. The molecule has 0 aromatic carbocycles. The molecule has 90 valence electrons. The Morgan fingerprint density at radius 3 is 2.47 bits per heavy atom. The van der Waals surface area contributed by atoms with Crippen LogP contribution in [0, 0.1) is 0 Å². The molecular weight excluding hydrogens is 196 g/mol. The van der Waals surface area contributed by atoms with Crippen molar-refractivity contribution in [1.82, 2.24) is 10.6 Å². The molecular formula is C10H22N2O3. The van der Waals surface area contributed by atoms with E-state index >= 15 is 0 Å². The Labute approximate surface area is 90.8 Å². The third kappa shape index (κ3) is 3.12. The highest BCUT2D eigenvalue weighted by atomic mass is 16.5. The summed E-state index contributed by atoms with van der Waals surface area (Å²) in [5.74, 6) is 0. The molecule has 0 bridgehead atoms. The van der Waals surface area contributed by atoms with Gasteiger partial charge in [-0.05, 0) is 7.05 Å². The van der Waals surface area contributed by atoms with Crippen molar-refractivity contribution in [3.8, 4) is 0 Å². The van der Waals surface area contributed by atoms with E-state index in [1.807, 2.05) is 0 Å². The van der Waals surface area contributed by atoms with Crippen LogP contribution in [0.4, 0.5) is 0 Å². The standard InChI is InChI=1S/C10H22N2O3/c1-6(2)12-4-7-9(11-3)10(14)8(5-13)15-7/h6-14H,4-5H2,1-3H3/t7-,8+,9+,10-/m1/s1. The third-order valence-corrected chi connectivity index (χ3v) is 2.74. The van der Waals surface area contributed by atoms with Crippen LogP contribution in [0.15, 0.2) is 0 Å². The molecule has 0 aliphatic carbocycles. The van der Waals surface area contributed by atoms with E-state index in [1.165, 1.54) is 0 Å². The van der Waals surface area contributed by atoms with Gasteiger partial charge in [0.2, 0.25) is 0 Å². The van der Waals surface area contributed by atoms with E-state index in [0.29, 0.717) is 12.6 Å². The van der Waals surface area contributed by atoms with Crippen LogP contribution >= 0.6 is 0 Å². The van der Waals surface area contributed by atoms with Gasteiger partial charge >= 0.3 is 0 Å². The topological polar surface area (TPSA) is 73.8 Å². The number of aliphatic hydroxyl groups excluding tert-OH is 2. The molecule has 1 rings (SSSR count). The zero-order valence-electron chi connectivity index (χ0n) is 9.60. The summed E-state index contributed by atoms with van der Waals surface area (Å²) >= 11 is 0. The summed E-state index contributed by atoms with van der Waals surface area (Å²) in [5.41, 5.74) is 0. The Bertz CT molecular complexity index is 190. The SMILES string of the molecule is CN[C@@H]1[C@H](O)[C@H](CO)O[C@@H]1CNC(C)C. The molecule has 4 N–H and O–H groups in total. The number of aliphatic hydroxyl groups is 2. The fourth-order valence-electron chi connectivity index (χ4n) is 1.88. The number of ether oxygens (including phenoxy) is 1. The first kappa shape index (κ1) is 12.9. The number of likely N-dealkylation sites (N-methyl/N-ethyl adjacent to an activating group) is 1. The molecule has 5 heteroatoms. The van der Waals surface area contributed by atoms with Gasteiger partial charge in [0.1, 0.15) is 12.2 Å². The zero-order chi connectivity index (χ0) is 11.4. The minimum absolute atomic E-state index is 0.0930. The molecule has 0 aromatic heterocycles. The van der Waals surface area contributed by atoms with Crippen molar-refractivity contribution in [3.63, 3.8) is 0 Å². The highest BCUT2D eigenvalue weighted by Crippen LogP contribution is 2.20. The monoisotopic (exact) mass is 218 g/mol. The summed E-state index contributed by atoms with van der Waals surface area (Å²) in [6.45, 7) is 4.65. The predicted molar refractivity (Wildman–Crippen MR) is 57.7 cm³/mol. The number of hydrogen-bond donors (Lipinski definition) is 4. The van der Waals surface area contributed by atoms with Gasteiger partial charge in [-0.1, -0.05) is 13.8 Å². The smallest absolute Gasteiger partial charge is 0.108 e. The predicted octanol–water partition coefficient (Wildman–Crippen LogP) is -1.31. The van der Waals surface area contributed by atoms with Gasteiger partial charge in [-0.25, -0.2) is 0 Å². The quantitative estimate of drug-likeness (QED) is 0.461. The Balaban J connectivity index is 2.49. The lowest BCUT2D eigenvalue weighted by Gasteiger charge is -2.20. The molecule has 1 aliphatic heterocycles. The first-order valence-electron chi connectivity index (χ1n) is 5.45. The van der Waals surface area contributed by atoms with Crippen LogP contribution in [0.2, 0.25) is 0 Å². The van der Waals surface area contributed by atoms with Crippen LogP contribution in [0.25, 0.3) is 0 Å². The van der Waals surface area contributed by atoms with Crippen molar-refractivity contribution in [1.29, 1.82) is 0 Å². The van der Waals surface area contributed by atoms with Crippen LogP contribution in [0.3, 0.4) is 0 Å². The molecule has 1 aliphatic rings. The fourth-order valence-corrected chi connectivity index (χ4v) is 1.88. The Kier molecular flexibility index (Phi) is 4.95. The first-order valence-corrected chi connectivity index (χ1v) is 5.45. The van der Waals surface area contributed by atoms with Gasteiger partial charge in [0.15, 0.2) is 0 Å². The maximum absolute atomic E-state index is 9.81. The fraction of sp³-hybridized carbons (Fsp3) is 1.00. The highest BCUT2D eigenvalue weighted by Gasteiger charge is 2.41. The largest absolute Gasteiger partial charge is 0.394 e. The van der Waals surface area contributed by atoms with E-state index in [1.54, 1.807) is 7.05 Å². The summed E-state index contributed by atoms with van der Waals surface area (Å²) in [6.07, 6.45) is -1.20. The lowest BCUT2D eigenvalue weighted by molar-refractivity contribution is -0.0215. The Morgan fingerprint density at radius 2 is 2.00 bits per heavy atom. The van der Waals surface area contributed by atoms with E-state index in [9.17, 15) is 5.11 Å². The molecule has 1 saturated heterocycles. The molecule has 0 unspecified atom stereocenters. The molecule has 15 heavy (non-hydrogen) atoms. The average Bonchev–Trinajstić information content (AvgIpc) is 2.51. The van der Waals surface area contributed by atoms with Crippen molar-refractivity contribution < 1.29 is 14.9 Å². The molecule has 0 aromatic rings. The average molecular weight is 218 g/mol. The van der Waals surface area contributed by atoms with Gasteiger partial charge in [0.05, 0.1) is 18.8 Å². The number of rotatable bonds is 5. The summed E-state index contributed by atoms with van der Waals surface area (Å²) < 4.78 is 5.55. The zero-order valence-corrected chi connectivity index (χ0v) is 9.60. The first-order chi connectivity index (χ1) is 7.10. The summed E-state index contributed by atoms with van der Waals surface area (Å²) in [7, 11) is 1.79. The van der Waals surface area contributed by atoms with Crippen LogP contribution in [-0.4, -0.2) is 60.8 Å². The van der Waals surface area contributed by atoms with E-state index in [2.05, 4.69) is 24.5 Å². The summed E-state index contributed by atoms with van der Waals surface area (Å²) in [5, 5.41) is 25.1. The summed E-state index contributed by atoms with van der Waals surface area (Å²) in [6, 6.07) is 0.268. The van der Waals surface area contributed by atoms with E-state index in [-0.39, 0.29) is 18.8 Å². The highest BCUT2D eigenvalue weighted by molar-refractivity contribution is 4.95. The van der Waals surface area contributed by atoms with Crippen LogP contribution < -0.4 is 10.6 Å². The molecule has 1 heterocycles. The second-order valence-electron chi connectivity index (χ2n) is 4.26. The lowest BCUT2D eigenvalue weighted by Crippen LogP contribution is -2.47. The van der Waals surface area contributed by atoms with E-state index in [0.717, 1.165) is 0 Å². The second-order valence-corrected chi connectivity index (χ2v) is 4.26. The third-order valence-electron chi connectivity index (χ3n) is 2.74. The van der Waals surface area contributed by atoms with Crippen LogP contribution in [-0.2, 0) is 4.74 Å². The van der Waals surface area contributed by atoms with Gasteiger partial charge in [0.25, 0.3) is 0 Å². The number of nitrogens with one attached hydrogen (secondary N) is 2. The van der Waals surface area contributed by atoms with Gasteiger partial charge in [-0.3, -0.25) is 0 Å². The van der Waals surface area contributed by atoms with Crippen molar-refractivity contribution in [2.24, 2.45) is 0 Å². The maximum atomic E-state index is 9.81. The Hall–Kier alpha value is -0.200. The van der Waals surface area contributed by atoms with Crippen molar-refractivity contribution in [3.05, 3.63) is 0 Å². The Morgan fingerprint density at radius 1 is 1.33 bits per heavy atom. The molecule has 0 amide bonds. The maximum Gasteiger partial charge on any atom is 0.108 e.